The molecule has 58 valence electrons. The van der Waals surface area contributed by atoms with Crippen LogP contribution in [0.25, 0.3) is 0 Å². The fourth-order valence-electron chi connectivity index (χ4n) is 0.632. The quantitative estimate of drug-likeness (QED) is 0.482. The van der Waals surface area contributed by atoms with Crippen molar-refractivity contribution in [1.82, 2.24) is 0 Å². The van der Waals surface area contributed by atoms with Gasteiger partial charge >= 0.3 is 0 Å². The van der Waals surface area contributed by atoms with Crippen molar-refractivity contribution in [2.45, 2.75) is 19.8 Å². The lowest BCUT2D eigenvalue weighted by Gasteiger charge is -2.09. The van der Waals surface area contributed by atoms with Crippen molar-refractivity contribution < 1.29 is 24.0 Å². The number of hydrogen-bond donors (Lipinski definition) is 0. The summed E-state index contributed by atoms with van der Waals surface area (Å²) in [5.74, 6) is 0. The summed E-state index contributed by atoms with van der Waals surface area (Å²) in [7, 11) is -0.432. The Morgan fingerprint density at radius 3 is 1.67 bits per heavy atom. The van der Waals surface area contributed by atoms with Gasteiger partial charge in [0.2, 0.25) is 0 Å². The highest BCUT2D eigenvalue weighted by Crippen LogP contribution is 2.46. The molecule has 0 aromatic heterocycles. The van der Waals surface area contributed by atoms with E-state index < -0.39 is 7.26 Å². The molecule has 9 heavy (non-hydrogen) atoms. The van der Waals surface area contributed by atoms with Gasteiger partial charge in [0.05, 0.1) is 6.16 Å². The van der Waals surface area contributed by atoms with Gasteiger partial charge in [0.1, 0.15) is 0 Å². The first-order valence-corrected chi connectivity index (χ1v) is 6.68. The van der Waals surface area contributed by atoms with Crippen molar-refractivity contribution in [2.24, 2.45) is 0 Å². The van der Waals surface area contributed by atoms with E-state index in [0.29, 0.717) is 0 Å². The van der Waals surface area contributed by atoms with Crippen LogP contribution in [0, 0.1) is 0 Å². The second kappa shape index (κ2) is 5.91. The molecular weight excluding hydrogens is 242 g/mol. The lowest BCUT2D eigenvalue weighted by atomic mass is 10.4. The first-order valence-electron chi connectivity index (χ1n) is 3.36. The maximum atomic E-state index is 2.41. The van der Waals surface area contributed by atoms with Crippen LogP contribution in [0.15, 0.2) is 0 Å². The Balaban J connectivity index is 0. The van der Waals surface area contributed by atoms with Crippen molar-refractivity contribution in [1.29, 1.82) is 0 Å². The molecule has 0 radical (unpaired) electrons. The summed E-state index contributed by atoms with van der Waals surface area (Å²) in [5, 5.41) is 0. The maximum absolute atomic E-state index is 2.41. The van der Waals surface area contributed by atoms with Gasteiger partial charge in [-0.1, -0.05) is 13.3 Å². The summed E-state index contributed by atoms with van der Waals surface area (Å²) >= 11 is 0. The molecule has 0 unspecified atom stereocenters. The molecule has 0 amide bonds. The summed E-state index contributed by atoms with van der Waals surface area (Å²) in [6, 6.07) is 0. The van der Waals surface area contributed by atoms with Crippen LogP contribution >= 0.6 is 7.26 Å². The predicted molar refractivity (Wildman–Crippen MR) is 44.5 cm³/mol. The van der Waals surface area contributed by atoms with Crippen LogP contribution in [0.5, 0.6) is 0 Å². The Hall–Kier alpha value is 1.16. The minimum absolute atomic E-state index is 0. The molecular formula is C7H18IP. The van der Waals surface area contributed by atoms with Gasteiger partial charge in [-0.05, 0) is 6.42 Å². The van der Waals surface area contributed by atoms with Crippen LogP contribution in [0.4, 0.5) is 0 Å². The Kier molecular flexibility index (Phi) is 8.41. The molecule has 0 fully saturated rings. The van der Waals surface area contributed by atoms with E-state index in [-0.39, 0.29) is 24.0 Å². The van der Waals surface area contributed by atoms with Crippen molar-refractivity contribution >= 4 is 7.26 Å². The Morgan fingerprint density at radius 1 is 1.11 bits per heavy atom. The minimum atomic E-state index is -0.432. The normalized spacial score (nSPS) is 10.7. The van der Waals surface area contributed by atoms with E-state index in [1.807, 2.05) is 0 Å². The largest absolute Gasteiger partial charge is 1.00 e. The van der Waals surface area contributed by atoms with Gasteiger partial charge in [-0.25, -0.2) is 0 Å². The van der Waals surface area contributed by atoms with Crippen LogP contribution in [0.3, 0.4) is 0 Å². The molecule has 0 aromatic carbocycles. The number of unbranched alkanes of at least 4 members (excludes halogenated alkanes) is 1. The smallest absolute Gasteiger partial charge is 0.0586 e. The third-order valence-electron chi connectivity index (χ3n) is 1.18. The average Bonchev–Trinajstić information content (AvgIpc) is 1.59. The molecule has 0 heterocycles. The lowest BCUT2D eigenvalue weighted by Crippen LogP contribution is -3.00. The van der Waals surface area contributed by atoms with E-state index in [1.165, 1.54) is 19.0 Å². The molecule has 0 rings (SSSR count). The molecule has 0 aliphatic rings. The number of halogens is 1. The molecule has 0 N–H and O–H groups in total. The molecule has 0 spiro atoms. The van der Waals surface area contributed by atoms with Crippen LogP contribution in [-0.4, -0.2) is 26.2 Å². The van der Waals surface area contributed by atoms with Gasteiger partial charge in [0.25, 0.3) is 0 Å². The van der Waals surface area contributed by atoms with Gasteiger partial charge in [0.15, 0.2) is 0 Å². The summed E-state index contributed by atoms with van der Waals surface area (Å²) in [4.78, 5) is 0. The van der Waals surface area contributed by atoms with Gasteiger partial charge in [0, 0.05) is 27.3 Å². The first kappa shape index (κ1) is 12.8. The Bertz CT molecular complexity index is 56.4. The topological polar surface area (TPSA) is 0 Å². The summed E-state index contributed by atoms with van der Waals surface area (Å²) in [6.45, 7) is 9.48. The maximum Gasteiger partial charge on any atom is 0.0586 e. The van der Waals surface area contributed by atoms with E-state index in [0.717, 1.165) is 0 Å². The van der Waals surface area contributed by atoms with E-state index in [2.05, 4.69) is 26.9 Å². The van der Waals surface area contributed by atoms with Gasteiger partial charge in [-0.2, -0.15) is 0 Å². The molecule has 0 nitrogen and oxygen atoms in total. The molecule has 0 saturated carbocycles. The van der Waals surface area contributed by atoms with E-state index >= 15 is 0 Å². The highest BCUT2D eigenvalue weighted by Gasteiger charge is 2.14. The average molecular weight is 260 g/mol. The first-order chi connectivity index (χ1) is 3.56. The van der Waals surface area contributed by atoms with Gasteiger partial charge in [-0.15, -0.1) is 0 Å². The molecule has 0 aromatic rings. The standard InChI is InChI=1S/C7H18P.HI/c1-5-6-7-8(2,3)4;/h5-7H2,1-4H3;1H/q+1;/p-1. The lowest BCUT2D eigenvalue weighted by molar-refractivity contribution is -0.00000212. The summed E-state index contributed by atoms with van der Waals surface area (Å²) in [6.07, 6.45) is 4.26. The predicted octanol–water partition coefficient (Wildman–Crippen LogP) is -0.302. The second-order valence-corrected chi connectivity index (χ2v) is 8.40. The summed E-state index contributed by atoms with van der Waals surface area (Å²) < 4.78 is 0. The van der Waals surface area contributed by atoms with Gasteiger partial charge in [-0.3, -0.25) is 0 Å². The number of rotatable bonds is 3. The fourth-order valence-corrected chi connectivity index (χ4v) is 1.90. The van der Waals surface area contributed by atoms with Crippen molar-refractivity contribution in [3.8, 4) is 0 Å². The zero-order valence-electron chi connectivity index (χ0n) is 6.95. The summed E-state index contributed by atoms with van der Waals surface area (Å²) in [5.41, 5.74) is 0. The van der Waals surface area contributed by atoms with E-state index in [1.54, 1.807) is 0 Å². The SMILES string of the molecule is CCCC[P+](C)(C)C.[I-]. The van der Waals surface area contributed by atoms with Crippen molar-refractivity contribution in [2.75, 3.05) is 26.2 Å². The molecule has 0 atom stereocenters. The highest BCUT2D eigenvalue weighted by atomic mass is 127. The minimum Gasteiger partial charge on any atom is -1.00 e. The van der Waals surface area contributed by atoms with Crippen LogP contribution in [0.2, 0.25) is 0 Å². The molecule has 0 saturated heterocycles. The van der Waals surface area contributed by atoms with Gasteiger partial charge < -0.3 is 24.0 Å². The fraction of sp³-hybridized carbons (Fsp3) is 1.00. The van der Waals surface area contributed by atoms with Crippen LogP contribution in [-0.2, 0) is 0 Å². The van der Waals surface area contributed by atoms with Crippen LogP contribution in [0.1, 0.15) is 19.8 Å². The zero-order chi connectivity index (χ0) is 6.62. The Labute approximate surface area is 77.2 Å². The molecule has 0 bridgehead atoms. The third-order valence-corrected chi connectivity index (χ3v) is 2.84. The monoisotopic (exact) mass is 260 g/mol. The second-order valence-electron chi connectivity index (χ2n) is 3.37. The molecule has 2 heteroatoms. The third kappa shape index (κ3) is 12.4. The molecule has 0 aliphatic heterocycles. The zero-order valence-corrected chi connectivity index (χ0v) is 10.00. The van der Waals surface area contributed by atoms with E-state index in [4.69, 9.17) is 0 Å². The Morgan fingerprint density at radius 2 is 1.56 bits per heavy atom. The van der Waals surface area contributed by atoms with Crippen molar-refractivity contribution in [3.05, 3.63) is 0 Å². The van der Waals surface area contributed by atoms with Crippen molar-refractivity contribution in [3.63, 3.8) is 0 Å². The number of hydrogen-bond acceptors (Lipinski definition) is 0. The highest BCUT2D eigenvalue weighted by molar-refractivity contribution is 7.73. The van der Waals surface area contributed by atoms with E-state index in [9.17, 15) is 0 Å². The van der Waals surface area contributed by atoms with Crippen LogP contribution < -0.4 is 24.0 Å². The molecule has 0 aliphatic carbocycles.